The van der Waals surface area contributed by atoms with Gasteiger partial charge in [0.05, 0.1) is 13.2 Å². The largest absolute Gasteiger partial charge is 0.494 e. The Labute approximate surface area is 255 Å². The minimum absolute atomic E-state index is 0.0461. The smallest absolute Gasteiger partial charge is 0.224 e. The number of amides is 2. The summed E-state index contributed by atoms with van der Waals surface area (Å²) in [7, 11) is 0. The van der Waals surface area contributed by atoms with E-state index >= 15 is 0 Å². The van der Waals surface area contributed by atoms with E-state index in [0.717, 1.165) is 74.2 Å². The van der Waals surface area contributed by atoms with Crippen LogP contribution in [-0.4, -0.2) is 25.0 Å². The highest BCUT2D eigenvalue weighted by molar-refractivity contribution is 5.91. The number of hydrogen-bond acceptors (Lipinski definition) is 4. The molecule has 2 amide bonds. The van der Waals surface area contributed by atoms with Crippen LogP contribution in [0.2, 0.25) is 0 Å². The van der Waals surface area contributed by atoms with Crippen LogP contribution in [0.15, 0.2) is 48.5 Å². The summed E-state index contributed by atoms with van der Waals surface area (Å²) in [5.41, 5.74) is 1.58. The molecule has 0 aliphatic carbocycles. The normalized spacial score (nSPS) is 10.8. The summed E-state index contributed by atoms with van der Waals surface area (Å²) in [4.78, 5) is 24.7. The molecule has 2 aromatic carbocycles. The fourth-order valence-corrected chi connectivity index (χ4v) is 4.84. The Morgan fingerprint density at radius 1 is 0.524 bits per heavy atom. The average molecular weight is 581 g/mol. The third-order valence-corrected chi connectivity index (χ3v) is 7.33. The van der Waals surface area contributed by atoms with Gasteiger partial charge in [-0.3, -0.25) is 9.59 Å². The van der Waals surface area contributed by atoms with Gasteiger partial charge in [-0.25, -0.2) is 0 Å². The van der Waals surface area contributed by atoms with Crippen LogP contribution in [0, 0.1) is 0 Å². The Balaban J connectivity index is 1.48. The van der Waals surface area contributed by atoms with Crippen molar-refractivity contribution in [2.24, 2.45) is 0 Å². The second-order valence-electron chi connectivity index (χ2n) is 11.3. The number of hydrogen-bond donors (Lipinski definition) is 2. The van der Waals surface area contributed by atoms with Gasteiger partial charge in [0.15, 0.2) is 0 Å². The van der Waals surface area contributed by atoms with Gasteiger partial charge in [0, 0.05) is 36.3 Å². The van der Waals surface area contributed by atoms with E-state index in [1.54, 1.807) is 0 Å². The number of benzene rings is 2. The van der Waals surface area contributed by atoms with E-state index in [-0.39, 0.29) is 11.8 Å². The molecular formula is C36H56N2O4. The lowest BCUT2D eigenvalue weighted by atomic mass is 10.1. The Bertz CT molecular complexity index is 914. The van der Waals surface area contributed by atoms with Gasteiger partial charge in [-0.1, -0.05) is 103 Å². The molecule has 2 aromatic rings. The maximum Gasteiger partial charge on any atom is 0.224 e. The molecule has 234 valence electrons. The topological polar surface area (TPSA) is 76.7 Å². The molecule has 0 spiro atoms. The Kier molecular flexibility index (Phi) is 19.7. The van der Waals surface area contributed by atoms with Crippen LogP contribution in [0.5, 0.6) is 11.5 Å². The molecule has 0 aromatic heterocycles. The number of ether oxygens (including phenoxy) is 2. The Morgan fingerprint density at radius 3 is 1.33 bits per heavy atom. The molecule has 0 atom stereocenters. The summed E-state index contributed by atoms with van der Waals surface area (Å²) >= 11 is 0. The molecule has 2 rings (SSSR count). The minimum atomic E-state index is 0.0461. The summed E-state index contributed by atoms with van der Waals surface area (Å²) in [5.74, 6) is 1.71. The van der Waals surface area contributed by atoms with Crippen LogP contribution < -0.4 is 20.1 Å². The summed E-state index contributed by atoms with van der Waals surface area (Å²) in [6.07, 6.45) is 19.1. The van der Waals surface area contributed by atoms with Gasteiger partial charge in [-0.2, -0.15) is 0 Å². The van der Waals surface area contributed by atoms with Crippen LogP contribution in [-0.2, 0) is 9.59 Å². The van der Waals surface area contributed by atoms with E-state index in [9.17, 15) is 9.59 Å². The highest BCUT2D eigenvalue weighted by atomic mass is 16.5. The van der Waals surface area contributed by atoms with E-state index in [4.69, 9.17) is 9.47 Å². The third-order valence-electron chi connectivity index (χ3n) is 7.33. The number of carbonyl (C=O) groups excluding carboxylic acids is 2. The van der Waals surface area contributed by atoms with Crippen molar-refractivity contribution in [2.45, 2.75) is 129 Å². The second-order valence-corrected chi connectivity index (χ2v) is 11.3. The Morgan fingerprint density at radius 2 is 0.905 bits per heavy atom. The van der Waals surface area contributed by atoms with Crippen molar-refractivity contribution in [3.05, 3.63) is 48.5 Å². The fraction of sp³-hybridized carbons (Fsp3) is 0.611. The van der Waals surface area contributed by atoms with Crippen LogP contribution in [0.4, 0.5) is 11.4 Å². The third kappa shape index (κ3) is 17.7. The molecule has 0 aliphatic rings. The van der Waals surface area contributed by atoms with Crippen LogP contribution >= 0.6 is 0 Å². The summed E-state index contributed by atoms with van der Waals surface area (Å²) in [5, 5.41) is 5.99. The van der Waals surface area contributed by atoms with Crippen LogP contribution in [0.25, 0.3) is 0 Å². The van der Waals surface area contributed by atoms with Gasteiger partial charge in [0.1, 0.15) is 11.5 Å². The monoisotopic (exact) mass is 580 g/mol. The van der Waals surface area contributed by atoms with Crippen molar-refractivity contribution in [1.82, 2.24) is 0 Å². The number of carbonyl (C=O) groups is 2. The molecule has 0 radical (unpaired) electrons. The molecule has 42 heavy (non-hydrogen) atoms. The zero-order chi connectivity index (χ0) is 30.1. The van der Waals surface area contributed by atoms with Crippen molar-refractivity contribution >= 4 is 23.2 Å². The quantitative estimate of drug-likeness (QED) is 0.115. The number of unbranched alkanes of at least 4 members (excludes halogenated alkanes) is 13. The van der Waals surface area contributed by atoms with E-state index in [1.807, 2.05) is 48.5 Å². The van der Waals surface area contributed by atoms with Crippen molar-refractivity contribution < 1.29 is 19.1 Å². The molecule has 0 saturated heterocycles. The van der Waals surface area contributed by atoms with Crippen LogP contribution in [0.3, 0.4) is 0 Å². The lowest BCUT2D eigenvalue weighted by molar-refractivity contribution is -0.117. The fourth-order valence-electron chi connectivity index (χ4n) is 4.84. The highest BCUT2D eigenvalue weighted by Crippen LogP contribution is 2.20. The molecule has 0 unspecified atom stereocenters. The summed E-state index contributed by atoms with van der Waals surface area (Å²) in [6, 6.07) is 15.3. The van der Waals surface area contributed by atoms with Crippen LogP contribution in [0.1, 0.15) is 129 Å². The van der Waals surface area contributed by atoms with Gasteiger partial charge in [-0.05, 0) is 49.9 Å². The molecule has 6 nitrogen and oxygen atoms in total. The zero-order valence-electron chi connectivity index (χ0n) is 26.4. The maximum absolute atomic E-state index is 12.4. The predicted octanol–water partition coefficient (Wildman–Crippen LogP) is 10.1. The molecule has 6 heteroatoms. The summed E-state index contributed by atoms with van der Waals surface area (Å²) < 4.78 is 11.7. The van der Waals surface area contributed by atoms with Crippen molar-refractivity contribution in [1.29, 1.82) is 0 Å². The van der Waals surface area contributed by atoms with Crippen molar-refractivity contribution in [2.75, 3.05) is 23.8 Å². The zero-order valence-corrected chi connectivity index (χ0v) is 26.4. The van der Waals surface area contributed by atoms with Crippen molar-refractivity contribution in [3.63, 3.8) is 0 Å². The molecule has 0 aliphatic heterocycles. The second kappa shape index (κ2) is 23.5. The predicted molar refractivity (Wildman–Crippen MR) is 176 cm³/mol. The first kappa shape index (κ1) is 35.2. The highest BCUT2D eigenvalue weighted by Gasteiger charge is 2.06. The van der Waals surface area contributed by atoms with Gasteiger partial charge in [0.25, 0.3) is 0 Å². The molecule has 0 heterocycles. The van der Waals surface area contributed by atoms with Gasteiger partial charge >= 0.3 is 0 Å². The molecular weight excluding hydrogens is 524 g/mol. The average Bonchev–Trinajstić information content (AvgIpc) is 2.98. The first-order valence-electron chi connectivity index (χ1n) is 16.7. The molecule has 0 saturated carbocycles. The minimum Gasteiger partial charge on any atom is -0.494 e. The van der Waals surface area contributed by atoms with Gasteiger partial charge in [0.2, 0.25) is 11.8 Å². The first-order chi connectivity index (χ1) is 20.6. The SMILES string of the molecule is CCCCCCCOc1cccc(NC(=O)CCCCCCCCC(=O)Nc2cccc(OCCCCCCC)c2)c1. The Hall–Kier alpha value is -3.02. The summed E-state index contributed by atoms with van der Waals surface area (Å²) in [6.45, 7) is 5.87. The molecule has 0 fully saturated rings. The molecule has 2 N–H and O–H groups in total. The van der Waals surface area contributed by atoms with E-state index in [2.05, 4.69) is 24.5 Å². The van der Waals surface area contributed by atoms with E-state index in [1.165, 1.54) is 51.4 Å². The van der Waals surface area contributed by atoms with E-state index < -0.39 is 0 Å². The van der Waals surface area contributed by atoms with E-state index in [0.29, 0.717) is 26.1 Å². The standard InChI is InChI=1S/C36H56N2O4/c1-3-5-7-13-17-27-41-33-23-19-21-31(29-33)37-35(39)25-15-11-9-10-12-16-26-36(40)38-32-22-20-24-34(30-32)42-28-18-14-8-6-4-2/h19-24,29-30H,3-18,25-28H2,1-2H3,(H,37,39)(H,38,40). The number of anilines is 2. The maximum atomic E-state index is 12.4. The number of nitrogens with one attached hydrogen (secondary N) is 2. The van der Waals surface area contributed by atoms with Gasteiger partial charge in [-0.15, -0.1) is 0 Å². The number of rotatable bonds is 25. The lowest BCUT2D eigenvalue weighted by Gasteiger charge is -2.10. The molecule has 0 bridgehead atoms. The van der Waals surface area contributed by atoms with Gasteiger partial charge < -0.3 is 20.1 Å². The first-order valence-corrected chi connectivity index (χ1v) is 16.7. The van der Waals surface area contributed by atoms with Crippen molar-refractivity contribution in [3.8, 4) is 11.5 Å². The lowest BCUT2D eigenvalue weighted by Crippen LogP contribution is -2.11.